The molecular formula is C15H23NO3Si. The van der Waals surface area contributed by atoms with Gasteiger partial charge in [-0.3, -0.25) is 4.79 Å². The molecule has 4 nitrogen and oxygen atoms in total. The second-order valence-electron chi connectivity index (χ2n) is 6.29. The fraction of sp³-hybridized carbons (Fsp3) is 0.600. The van der Waals surface area contributed by atoms with E-state index in [0.29, 0.717) is 24.5 Å². The van der Waals surface area contributed by atoms with E-state index in [1.54, 1.807) is 7.11 Å². The lowest BCUT2D eigenvalue weighted by atomic mass is 9.82. The van der Waals surface area contributed by atoms with Gasteiger partial charge in [0.1, 0.15) is 5.78 Å². The Morgan fingerprint density at radius 2 is 2.05 bits per heavy atom. The number of hydrogen-bond acceptors (Lipinski definition) is 4. The quantitative estimate of drug-likeness (QED) is 0.800. The number of aromatic nitrogens is 1. The van der Waals surface area contributed by atoms with Gasteiger partial charge < -0.3 is 9.16 Å². The number of Topliss-reactive ketones (excluding diaryl/α,β-unsaturated/α-hetero) is 1. The Morgan fingerprint density at radius 3 is 2.60 bits per heavy atom. The molecule has 0 amide bonds. The third-order valence-electron chi connectivity index (χ3n) is 3.51. The number of methoxy groups -OCH3 is 1. The molecule has 0 bridgehead atoms. The summed E-state index contributed by atoms with van der Waals surface area (Å²) in [6.07, 6.45) is 3.95. The molecule has 0 saturated heterocycles. The highest BCUT2D eigenvalue weighted by Gasteiger charge is 2.34. The van der Waals surface area contributed by atoms with Crippen LogP contribution in [0.4, 0.5) is 0 Å². The fourth-order valence-electron chi connectivity index (χ4n) is 2.64. The standard InChI is InChI=1S/C15H23NO3Si/c1-18-15-8-5-11(10-16-15)13-9-12(17)6-7-14(13)19-20(2,3)4/h5,8,10,13-14H,6-7,9H2,1-4H3/t13-,14+/m1/s1. The van der Waals surface area contributed by atoms with Gasteiger partial charge in [0.25, 0.3) is 0 Å². The summed E-state index contributed by atoms with van der Waals surface area (Å²) in [5.41, 5.74) is 1.07. The van der Waals surface area contributed by atoms with Crippen LogP contribution in [-0.2, 0) is 9.22 Å². The molecule has 1 saturated carbocycles. The zero-order valence-electron chi connectivity index (χ0n) is 12.7. The Balaban J connectivity index is 2.20. The molecule has 1 aromatic heterocycles. The van der Waals surface area contributed by atoms with Crippen molar-refractivity contribution >= 4 is 14.1 Å². The maximum Gasteiger partial charge on any atom is 0.212 e. The number of carbonyl (C=O) groups is 1. The summed E-state index contributed by atoms with van der Waals surface area (Å²) >= 11 is 0. The van der Waals surface area contributed by atoms with Crippen LogP contribution in [0, 0.1) is 0 Å². The van der Waals surface area contributed by atoms with Gasteiger partial charge in [-0.15, -0.1) is 0 Å². The molecule has 2 rings (SSSR count). The zero-order chi connectivity index (χ0) is 14.8. The SMILES string of the molecule is COc1ccc([C@H]2CC(=O)CC[C@@H]2O[Si](C)(C)C)cn1. The van der Waals surface area contributed by atoms with E-state index in [1.807, 2.05) is 18.3 Å². The first-order valence-corrected chi connectivity index (χ1v) is 10.5. The Bertz CT molecular complexity index is 467. The largest absolute Gasteiger partial charge is 0.481 e. The average molecular weight is 293 g/mol. The van der Waals surface area contributed by atoms with Crippen molar-refractivity contribution in [2.24, 2.45) is 0 Å². The minimum atomic E-state index is -1.62. The highest BCUT2D eigenvalue weighted by atomic mass is 28.4. The molecule has 0 radical (unpaired) electrons. The topological polar surface area (TPSA) is 48.4 Å². The van der Waals surface area contributed by atoms with Crippen LogP contribution in [0.2, 0.25) is 19.6 Å². The average Bonchev–Trinajstić information content (AvgIpc) is 2.39. The molecule has 20 heavy (non-hydrogen) atoms. The fourth-order valence-corrected chi connectivity index (χ4v) is 3.83. The number of ether oxygens (including phenoxy) is 1. The zero-order valence-corrected chi connectivity index (χ0v) is 13.7. The summed E-state index contributed by atoms with van der Waals surface area (Å²) in [4.78, 5) is 16.0. The van der Waals surface area contributed by atoms with Crippen LogP contribution in [0.15, 0.2) is 18.3 Å². The van der Waals surface area contributed by atoms with Gasteiger partial charge in [-0.05, 0) is 31.6 Å². The highest BCUT2D eigenvalue weighted by Crippen LogP contribution is 2.35. The minimum Gasteiger partial charge on any atom is -0.481 e. The predicted molar refractivity (Wildman–Crippen MR) is 80.6 cm³/mol. The molecule has 1 aliphatic rings. The molecule has 1 aliphatic carbocycles. The predicted octanol–water partition coefficient (Wildman–Crippen LogP) is 3.15. The van der Waals surface area contributed by atoms with Gasteiger partial charge >= 0.3 is 0 Å². The summed E-state index contributed by atoms with van der Waals surface area (Å²) in [5.74, 6) is 1.04. The molecule has 5 heteroatoms. The third-order valence-corrected chi connectivity index (χ3v) is 4.52. The van der Waals surface area contributed by atoms with Gasteiger partial charge in [0.15, 0.2) is 8.32 Å². The van der Waals surface area contributed by atoms with Crippen LogP contribution in [0.5, 0.6) is 5.88 Å². The van der Waals surface area contributed by atoms with Crippen molar-refractivity contribution in [1.82, 2.24) is 4.98 Å². The van der Waals surface area contributed by atoms with E-state index in [1.165, 1.54) is 0 Å². The number of nitrogens with zero attached hydrogens (tertiary/aromatic N) is 1. The number of pyridine rings is 1. The van der Waals surface area contributed by atoms with Crippen LogP contribution in [0.3, 0.4) is 0 Å². The van der Waals surface area contributed by atoms with Gasteiger partial charge in [-0.25, -0.2) is 4.98 Å². The van der Waals surface area contributed by atoms with Gasteiger partial charge in [0, 0.05) is 31.0 Å². The maximum absolute atomic E-state index is 11.8. The van der Waals surface area contributed by atoms with E-state index < -0.39 is 8.32 Å². The Hall–Kier alpha value is -1.20. The molecule has 0 unspecified atom stereocenters. The summed E-state index contributed by atoms with van der Waals surface area (Å²) in [5, 5.41) is 0. The molecule has 1 heterocycles. The summed E-state index contributed by atoms with van der Waals surface area (Å²) in [6.45, 7) is 6.56. The van der Waals surface area contributed by atoms with Crippen molar-refractivity contribution in [2.75, 3.05) is 7.11 Å². The molecule has 0 N–H and O–H groups in total. The number of ketones is 1. The summed E-state index contributed by atoms with van der Waals surface area (Å²) in [7, 11) is -0.0151. The van der Waals surface area contributed by atoms with Crippen molar-refractivity contribution < 1.29 is 14.0 Å². The molecule has 110 valence electrons. The third kappa shape index (κ3) is 3.90. The van der Waals surface area contributed by atoms with E-state index >= 15 is 0 Å². The van der Waals surface area contributed by atoms with Crippen LogP contribution in [-0.4, -0.2) is 32.3 Å². The minimum absolute atomic E-state index is 0.126. The van der Waals surface area contributed by atoms with E-state index in [2.05, 4.69) is 24.6 Å². The monoisotopic (exact) mass is 293 g/mol. The van der Waals surface area contributed by atoms with E-state index in [0.717, 1.165) is 12.0 Å². The first kappa shape index (κ1) is 15.2. The van der Waals surface area contributed by atoms with Crippen molar-refractivity contribution in [3.63, 3.8) is 0 Å². The van der Waals surface area contributed by atoms with Crippen molar-refractivity contribution in [2.45, 2.75) is 50.9 Å². The summed E-state index contributed by atoms with van der Waals surface area (Å²) < 4.78 is 11.4. The maximum atomic E-state index is 11.8. The normalized spacial score (nSPS) is 23.7. The highest BCUT2D eigenvalue weighted by molar-refractivity contribution is 6.69. The Kier molecular flexibility index (Phi) is 4.60. The molecule has 1 aromatic rings. The molecule has 0 spiro atoms. The number of carbonyl (C=O) groups excluding carboxylic acids is 1. The second-order valence-corrected chi connectivity index (χ2v) is 10.8. The van der Waals surface area contributed by atoms with Crippen molar-refractivity contribution in [3.05, 3.63) is 23.9 Å². The second kappa shape index (κ2) is 6.05. The molecule has 2 atom stereocenters. The first-order chi connectivity index (χ1) is 9.39. The van der Waals surface area contributed by atoms with Crippen molar-refractivity contribution in [1.29, 1.82) is 0 Å². The van der Waals surface area contributed by atoms with Crippen LogP contribution >= 0.6 is 0 Å². The molecular weight excluding hydrogens is 270 g/mol. The van der Waals surface area contributed by atoms with Crippen LogP contribution in [0.25, 0.3) is 0 Å². The van der Waals surface area contributed by atoms with Gasteiger partial charge in [-0.1, -0.05) is 6.07 Å². The van der Waals surface area contributed by atoms with E-state index in [-0.39, 0.29) is 12.0 Å². The van der Waals surface area contributed by atoms with Gasteiger partial charge in [-0.2, -0.15) is 0 Å². The van der Waals surface area contributed by atoms with E-state index in [9.17, 15) is 4.79 Å². The lowest BCUT2D eigenvalue weighted by molar-refractivity contribution is -0.122. The van der Waals surface area contributed by atoms with Gasteiger partial charge in [0.2, 0.25) is 5.88 Å². The summed E-state index contributed by atoms with van der Waals surface area (Å²) in [6, 6.07) is 3.84. The number of rotatable bonds is 4. The van der Waals surface area contributed by atoms with Crippen molar-refractivity contribution in [3.8, 4) is 5.88 Å². The van der Waals surface area contributed by atoms with Gasteiger partial charge in [0.05, 0.1) is 13.2 Å². The number of hydrogen-bond donors (Lipinski definition) is 0. The van der Waals surface area contributed by atoms with E-state index in [4.69, 9.17) is 9.16 Å². The molecule has 1 fully saturated rings. The molecule has 0 aliphatic heterocycles. The first-order valence-electron chi connectivity index (χ1n) is 7.08. The Labute approximate surface area is 121 Å². The van der Waals surface area contributed by atoms with Crippen LogP contribution < -0.4 is 4.74 Å². The molecule has 0 aromatic carbocycles. The lowest BCUT2D eigenvalue weighted by Gasteiger charge is -2.35. The van der Waals surface area contributed by atoms with Crippen LogP contribution in [0.1, 0.15) is 30.7 Å². The Morgan fingerprint density at radius 1 is 1.30 bits per heavy atom. The lowest BCUT2D eigenvalue weighted by Crippen LogP contribution is -2.38. The smallest absolute Gasteiger partial charge is 0.212 e.